The highest BCUT2D eigenvalue weighted by Crippen LogP contribution is 2.21. The molecule has 26 heavy (non-hydrogen) atoms. The number of aromatic nitrogens is 1. The molecule has 1 aromatic carbocycles. The number of carbonyl (C=O) groups excluding carboxylic acids is 2. The first-order valence-corrected chi connectivity index (χ1v) is 8.65. The number of carbonyl (C=O) groups is 2. The van der Waals surface area contributed by atoms with E-state index in [2.05, 4.69) is 10.3 Å². The van der Waals surface area contributed by atoms with Gasteiger partial charge in [0.2, 0.25) is 0 Å². The number of nitrogens with one attached hydrogen (secondary N) is 1. The molecule has 2 aromatic rings. The summed E-state index contributed by atoms with van der Waals surface area (Å²) in [6, 6.07) is 10.9. The molecule has 138 valence electrons. The summed E-state index contributed by atoms with van der Waals surface area (Å²) in [5.74, 6) is -0.0575. The van der Waals surface area contributed by atoms with Crippen LogP contribution in [0.15, 0.2) is 48.8 Å². The minimum absolute atomic E-state index is 0.0367. The zero-order valence-corrected chi connectivity index (χ0v) is 15.8. The van der Waals surface area contributed by atoms with Gasteiger partial charge in [0.15, 0.2) is 0 Å². The van der Waals surface area contributed by atoms with Gasteiger partial charge in [0.25, 0.3) is 5.91 Å². The van der Waals surface area contributed by atoms with Crippen LogP contribution in [-0.2, 0) is 6.54 Å². The van der Waals surface area contributed by atoms with Crippen LogP contribution >= 0.6 is 0 Å². The highest BCUT2D eigenvalue weighted by molar-refractivity contribution is 5.94. The highest BCUT2D eigenvalue weighted by atomic mass is 16.2. The fourth-order valence-electron chi connectivity index (χ4n) is 2.82. The minimum atomic E-state index is -0.162. The van der Waals surface area contributed by atoms with Gasteiger partial charge < -0.3 is 15.1 Å². The molecule has 0 radical (unpaired) electrons. The van der Waals surface area contributed by atoms with Gasteiger partial charge in [-0.15, -0.1) is 0 Å². The van der Waals surface area contributed by atoms with Crippen LogP contribution < -0.4 is 5.32 Å². The lowest BCUT2D eigenvalue weighted by Crippen LogP contribution is -2.39. The monoisotopic (exact) mass is 354 g/mol. The maximum Gasteiger partial charge on any atom is 0.317 e. The summed E-state index contributed by atoms with van der Waals surface area (Å²) < 4.78 is 0. The summed E-state index contributed by atoms with van der Waals surface area (Å²) in [6.45, 7) is 2.40. The van der Waals surface area contributed by atoms with Crippen LogP contribution in [0.5, 0.6) is 0 Å². The molecular weight excluding hydrogens is 328 g/mol. The topological polar surface area (TPSA) is 65.5 Å². The summed E-state index contributed by atoms with van der Waals surface area (Å²) in [6.07, 6.45) is 4.30. The molecule has 6 heteroatoms. The van der Waals surface area contributed by atoms with Gasteiger partial charge in [-0.05, 0) is 35.7 Å². The summed E-state index contributed by atoms with van der Waals surface area (Å²) in [5.41, 5.74) is 2.50. The first-order chi connectivity index (χ1) is 12.4. The van der Waals surface area contributed by atoms with Crippen molar-refractivity contribution in [2.24, 2.45) is 0 Å². The van der Waals surface area contributed by atoms with E-state index in [9.17, 15) is 9.59 Å². The number of hydrogen-bond acceptors (Lipinski definition) is 3. The van der Waals surface area contributed by atoms with Crippen LogP contribution in [0.25, 0.3) is 0 Å². The Bertz CT molecular complexity index is 746. The second kappa shape index (κ2) is 8.99. The van der Waals surface area contributed by atoms with Crippen molar-refractivity contribution in [3.63, 3.8) is 0 Å². The molecule has 1 atom stereocenters. The molecule has 3 amide bonds. The van der Waals surface area contributed by atoms with E-state index in [0.717, 1.165) is 17.5 Å². The molecule has 0 aliphatic carbocycles. The Morgan fingerprint density at radius 2 is 1.92 bits per heavy atom. The van der Waals surface area contributed by atoms with Gasteiger partial charge in [0, 0.05) is 45.6 Å². The number of nitrogens with zero attached hydrogens (tertiary/aromatic N) is 3. The Hall–Kier alpha value is -2.89. The maximum absolute atomic E-state index is 12.5. The van der Waals surface area contributed by atoms with Crippen molar-refractivity contribution < 1.29 is 9.59 Å². The number of benzene rings is 1. The summed E-state index contributed by atoms with van der Waals surface area (Å²) >= 11 is 0. The van der Waals surface area contributed by atoms with E-state index >= 15 is 0 Å². The normalized spacial score (nSPS) is 11.5. The van der Waals surface area contributed by atoms with Crippen molar-refractivity contribution in [3.8, 4) is 0 Å². The van der Waals surface area contributed by atoms with E-state index in [1.807, 2.05) is 31.2 Å². The van der Waals surface area contributed by atoms with E-state index in [4.69, 9.17) is 0 Å². The van der Waals surface area contributed by atoms with Gasteiger partial charge in [-0.2, -0.15) is 0 Å². The van der Waals surface area contributed by atoms with E-state index in [0.29, 0.717) is 12.1 Å². The fourth-order valence-corrected chi connectivity index (χ4v) is 2.82. The molecule has 0 aliphatic rings. The zero-order chi connectivity index (χ0) is 19.1. The molecule has 0 aliphatic heterocycles. The number of urea groups is 1. The Kier molecular flexibility index (Phi) is 6.72. The van der Waals surface area contributed by atoms with Gasteiger partial charge >= 0.3 is 6.03 Å². The third-order valence-corrected chi connectivity index (χ3v) is 4.27. The van der Waals surface area contributed by atoms with Gasteiger partial charge in [-0.1, -0.05) is 25.1 Å². The first-order valence-electron chi connectivity index (χ1n) is 8.65. The molecule has 1 N–H and O–H groups in total. The van der Waals surface area contributed by atoms with Crippen molar-refractivity contribution in [1.29, 1.82) is 0 Å². The summed E-state index contributed by atoms with van der Waals surface area (Å²) in [5, 5.41) is 2.92. The third kappa shape index (κ3) is 4.81. The van der Waals surface area contributed by atoms with Crippen molar-refractivity contribution >= 4 is 11.9 Å². The zero-order valence-electron chi connectivity index (χ0n) is 15.8. The average Bonchev–Trinajstić information content (AvgIpc) is 2.67. The molecule has 0 saturated heterocycles. The molecule has 0 saturated carbocycles. The second-order valence-electron chi connectivity index (χ2n) is 6.38. The van der Waals surface area contributed by atoms with E-state index in [1.165, 1.54) is 4.90 Å². The Labute approximate surface area is 154 Å². The van der Waals surface area contributed by atoms with Crippen LogP contribution in [0.2, 0.25) is 0 Å². The molecule has 0 bridgehead atoms. The van der Waals surface area contributed by atoms with Crippen molar-refractivity contribution in [3.05, 3.63) is 65.5 Å². The molecule has 0 spiro atoms. The van der Waals surface area contributed by atoms with Crippen molar-refractivity contribution in [1.82, 2.24) is 20.1 Å². The molecule has 0 fully saturated rings. The number of hydrogen-bond donors (Lipinski definition) is 1. The number of pyridine rings is 1. The van der Waals surface area contributed by atoms with Gasteiger partial charge in [-0.3, -0.25) is 9.78 Å². The molecule has 0 unspecified atom stereocenters. The lowest BCUT2D eigenvalue weighted by Gasteiger charge is -2.27. The Morgan fingerprint density at radius 1 is 1.15 bits per heavy atom. The largest absolute Gasteiger partial charge is 0.345 e. The average molecular weight is 354 g/mol. The van der Waals surface area contributed by atoms with E-state index in [1.54, 1.807) is 50.6 Å². The van der Waals surface area contributed by atoms with Crippen molar-refractivity contribution in [2.45, 2.75) is 25.9 Å². The molecular formula is C20H26N4O2. The summed E-state index contributed by atoms with van der Waals surface area (Å²) in [7, 11) is 5.21. The second-order valence-corrected chi connectivity index (χ2v) is 6.38. The smallest absolute Gasteiger partial charge is 0.317 e. The standard InChI is InChI=1S/C20H26N4O2/c1-5-18(17-10-7-11-21-14-17)24(4)20(26)22-13-15-8-6-9-16(12-15)19(25)23(2)3/h6-12,14,18H,5,13H2,1-4H3,(H,22,26)/t18-/m1/s1. The number of rotatable bonds is 6. The molecule has 1 heterocycles. The first kappa shape index (κ1) is 19.4. The molecule has 6 nitrogen and oxygen atoms in total. The summed E-state index contributed by atoms with van der Waals surface area (Å²) in [4.78, 5) is 31.9. The minimum Gasteiger partial charge on any atom is -0.345 e. The Balaban J connectivity index is 2.01. The lowest BCUT2D eigenvalue weighted by atomic mass is 10.1. The van der Waals surface area contributed by atoms with E-state index in [-0.39, 0.29) is 18.0 Å². The SMILES string of the molecule is CC[C@H](c1cccnc1)N(C)C(=O)NCc1cccc(C(=O)N(C)C)c1. The number of amides is 3. The van der Waals surface area contributed by atoms with Crippen LogP contribution in [0, 0.1) is 0 Å². The third-order valence-electron chi connectivity index (χ3n) is 4.27. The highest BCUT2D eigenvalue weighted by Gasteiger charge is 2.20. The lowest BCUT2D eigenvalue weighted by molar-refractivity contribution is 0.0827. The van der Waals surface area contributed by atoms with Gasteiger partial charge in [-0.25, -0.2) is 4.79 Å². The van der Waals surface area contributed by atoms with Gasteiger partial charge in [0.1, 0.15) is 0 Å². The maximum atomic E-state index is 12.5. The fraction of sp³-hybridized carbons (Fsp3) is 0.350. The van der Waals surface area contributed by atoms with Crippen LogP contribution in [0.4, 0.5) is 4.79 Å². The van der Waals surface area contributed by atoms with Crippen LogP contribution in [-0.4, -0.2) is 47.9 Å². The van der Waals surface area contributed by atoms with Crippen molar-refractivity contribution in [2.75, 3.05) is 21.1 Å². The molecule has 1 aromatic heterocycles. The quantitative estimate of drug-likeness (QED) is 0.867. The van der Waals surface area contributed by atoms with Crippen LogP contribution in [0.3, 0.4) is 0 Å². The van der Waals surface area contributed by atoms with Gasteiger partial charge in [0.05, 0.1) is 6.04 Å². The Morgan fingerprint density at radius 3 is 2.54 bits per heavy atom. The molecule has 2 rings (SSSR count). The van der Waals surface area contributed by atoms with Crippen LogP contribution in [0.1, 0.15) is 40.9 Å². The predicted molar refractivity (Wildman–Crippen MR) is 102 cm³/mol. The van der Waals surface area contributed by atoms with E-state index < -0.39 is 0 Å². The predicted octanol–water partition coefficient (Wildman–Crippen LogP) is 3.08.